The first-order chi connectivity index (χ1) is 13.5. The molecule has 4 nitrogen and oxygen atoms in total. The molecule has 1 saturated heterocycles. The van der Waals surface area contributed by atoms with Gasteiger partial charge in [0, 0.05) is 31.6 Å². The number of halogens is 1. The van der Waals surface area contributed by atoms with Crippen LogP contribution in [0, 0.1) is 11.3 Å². The van der Waals surface area contributed by atoms with Crippen LogP contribution >= 0.6 is 0 Å². The molecule has 0 N–H and O–H groups in total. The molecule has 2 aromatic carbocycles. The van der Waals surface area contributed by atoms with Crippen LogP contribution in [0.3, 0.4) is 0 Å². The number of hydrogen-bond acceptors (Lipinski definition) is 4. The smallest absolute Gasteiger partial charge is 0.366 e. The van der Waals surface area contributed by atoms with Gasteiger partial charge in [0.2, 0.25) is 5.83 Å². The Bertz CT molecular complexity index is 903. The van der Waals surface area contributed by atoms with E-state index in [4.69, 9.17) is 10.00 Å². The van der Waals surface area contributed by atoms with Gasteiger partial charge < -0.3 is 9.64 Å². The highest BCUT2D eigenvalue weighted by Gasteiger charge is 2.23. The van der Waals surface area contributed by atoms with E-state index < -0.39 is 11.8 Å². The predicted molar refractivity (Wildman–Crippen MR) is 108 cm³/mol. The van der Waals surface area contributed by atoms with E-state index >= 15 is 0 Å². The van der Waals surface area contributed by atoms with Gasteiger partial charge >= 0.3 is 5.97 Å². The van der Waals surface area contributed by atoms with Crippen LogP contribution in [0.4, 0.5) is 10.1 Å². The van der Waals surface area contributed by atoms with Crippen molar-refractivity contribution in [2.75, 3.05) is 18.0 Å². The summed E-state index contributed by atoms with van der Waals surface area (Å²) in [7, 11) is 0. The SMILES string of the molecule is C=C(F)C(=O)OC1CCN(c2ccc(C=Cc3ccc(C#N)cc3)cc2)CC1. The second-order valence-corrected chi connectivity index (χ2v) is 6.66. The number of rotatable bonds is 5. The van der Waals surface area contributed by atoms with E-state index in [9.17, 15) is 9.18 Å². The maximum absolute atomic E-state index is 12.7. The van der Waals surface area contributed by atoms with Crippen molar-refractivity contribution in [3.63, 3.8) is 0 Å². The molecule has 142 valence electrons. The Morgan fingerprint density at radius 2 is 1.61 bits per heavy atom. The normalized spacial score (nSPS) is 14.6. The molecule has 0 radical (unpaired) electrons. The van der Waals surface area contributed by atoms with Gasteiger partial charge in [0.05, 0.1) is 11.6 Å². The fourth-order valence-electron chi connectivity index (χ4n) is 3.10. The highest BCUT2D eigenvalue weighted by molar-refractivity contribution is 5.85. The number of carbonyl (C=O) groups is 1. The van der Waals surface area contributed by atoms with Gasteiger partial charge in [0.1, 0.15) is 6.10 Å². The first kappa shape index (κ1) is 19.4. The Hall–Kier alpha value is -3.39. The summed E-state index contributed by atoms with van der Waals surface area (Å²) in [5, 5.41) is 8.83. The maximum atomic E-state index is 12.7. The number of ether oxygens (including phenoxy) is 1. The van der Waals surface area contributed by atoms with Gasteiger partial charge in [0.15, 0.2) is 0 Å². The fraction of sp³-hybridized carbons (Fsp3) is 0.217. The predicted octanol–water partition coefficient (Wildman–Crippen LogP) is 4.72. The summed E-state index contributed by atoms with van der Waals surface area (Å²) in [6.07, 6.45) is 5.11. The molecule has 1 aliphatic heterocycles. The van der Waals surface area contributed by atoms with Crippen molar-refractivity contribution in [2.24, 2.45) is 0 Å². The lowest BCUT2D eigenvalue weighted by molar-refractivity contribution is -0.146. The lowest BCUT2D eigenvalue weighted by Gasteiger charge is -2.33. The second kappa shape index (κ2) is 9.01. The summed E-state index contributed by atoms with van der Waals surface area (Å²) < 4.78 is 17.8. The summed E-state index contributed by atoms with van der Waals surface area (Å²) in [5.74, 6) is -2.01. The number of anilines is 1. The van der Waals surface area contributed by atoms with Crippen molar-refractivity contribution >= 4 is 23.8 Å². The molecule has 28 heavy (non-hydrogen) atoms. The monoisotopic (exact) mass is 376 g/mol. The van der Waals surface area contributed by atoms with Crippen LogP contribution in [0.25, 0.3) is 12.2 Å². The van der Waals surface area contributed by atoms with Crippen molar-refractivity contribution in [3.05, 3.63) is 77.6 Å². The third-order valence-electron chi connectivity index (χ3n) is 4.70. The van der Waals surface area contributed by atoms with Crippen LogP contribution in [0.1, 0.15) is 29.5 Å². The first-order valence-electron chi connectivity index (χ1n) is 9.14. The second-order valence-electron chi connectivity index (χ2n) is 6.66. The van der Waals surface area contributed by atoms with Gasteiger partial charge in [-0.05, 0) is 35.4 Å². The average Bonchev–Trinajstić information content (AvgIpc) is 2.73. The Labute approximate surface area is 164 Å². The van der Waals surface area contributed by atoms with Crippen LogP contribution in [-0.2, 0) is 9.53 Å². The van der Waals surface area contributed by atoms with Crippen LogP contribution < -0.4 is 4.90 Å². The molecule has 0 amide bonds. The molecular formula is C23H21FN2O2. The van der Waals surface area contributed by atoms with E-state index in [0.29, 0.717) is 18.4 Å². The molecule has 0 bridgehead atoms. The highest BCUT2D eigenvalue weighted by Crippen LogP contribution is 2.23. The van der Waals surface area contributed by atoms with Crippen molar-refractivity contribution in [1.82, 2.24) is 0 Å². The number of hydrogen-bond donors (Lipinski definition) is 0. The molecule has 0 saturated carbocycles. The minimum Gasteiger partial charge on any atom is -0.457 e. The number of esters is 1. The standard InChI is InChI=1S/C23H21FN2O2/c1-17(24)23(27)28-22-12-14-26(15-13-22)21-10-8-19(9-11-21)3-2-18-4-6-20(16-25)7-5-18/h2-11,22H,1,12-15H2. The Balaban J connectivity index is 1.54. The van der Waals surface area contributed by atoms with Gasteiger partial charge in [-0.1, -0.05) is 43.0 Å². The van der Waals surface area contributed by atoms with E-state index in [1.165, 1.54) is 0 Å². The lowest BCUT2D eigenvalue weighted by Crippen LogP contribution is -2.37. The molecule has 0 atom stereocenters. The van der Waals surface area contributed by atoms with E-state index in [0.717, 1.165) is 29.9 Å². The Kier molecular flexibility index (Phi) is 6.23. The topological polar surface area (TPSA) is 53.3 Å². The third kappa shape index (κ3) is 5.08. The number of nitrogens with zero attached hydrogens (tertiary/aromatic N) is 2. The Morgan fingerprint density at radius 1 is 1.07 bits per heavy atom. The molecule has 2 aromatic rings. The average molecular weight is 376 g/mol. The molecule has 0 unspecified atom stereocenters. The van der Waals surface area contributed by atoms with E-state index in [2.05, 4.69) is 41.8 Å². The van der Waals surface area contributed by atoms with Crippen molar-refractivity contribution in [1.29, 1.82) is 5.26 Å². The molecule has 3 rings (SSSR count). The molecule has 1 aliphatic rings. The van der Waals surface area contributed by atoms with Gasteiger partial charge in [-0.2, -0.15) is 9.65 Å². The van der Waals surface area contributed by atoms with Crippen LogP contribution in [0.5, 0.6) is 0 Å². The first-order valence-corrected chi connectivity index (χ1v) is 9.14. The van der Waals surface area contributed by atoms with Crippen LogP contribution in [0.2, 0.25) is 0 Å². The number of carbonyl (C=O) groups excluding carboxylic acids is 1. The minimum atomic E-state index is -1.05. The number of benzene rings is 2. The molecule has 0 spiro atoms. The van der Waals surface area contributed by atoms with E-state index in [1.807, 2.05) is 24.3 Å². The number of piperidine rings is 1. The lowest BCUT2D eigenvalue weighted by atomic mass is 10.1. The zero-order chi connectivity index (χ0) is 19.9. The quantitative estimate of drug-likeness (QED) is 0.430. The Morgan fingerprint density at radius 3 is 2.11 bits per heavy atom. The summed E-state index contributed by atoms with van der Waals surface area (Å²) in [5.41, 5.74) is 3.87. The van der Waals surface area contributed by atoms with Crippen LogP contribution in [0.15, 0.2) is 60.9 Å². The van der Waals surface area contributed by atoms with E-state index in [1.54, 1.807) is 12.1 Å². The molecule has 1 fully saturated rings. The zero-order valence-corrected chi connectivity index (χ0v) is 15.5. The largest absolute Gasteiger partial charge is 0.457 e. The van der Waals surface area contributed by atoms with Crippen LogP contribution in [-0.4, -0.2) is 25.2 Å². The summed E-state index contributed by atoms with van der Waals surface area (Å²) in [6, 6.07) is 17.8. The van der Waals surface area contributed by atoms with Gasteiger partial charge in [-0.3, -0.25) is 0 Å². The summed E-state index contributed by atoms with van der Waals surface area (Å²) >= 11 is 0. The number of nitriles is 1. The minimum absolute atomic E-state index is 0.258. The molecule has 0 aromatic heterocycles. The van der Waals surface area contributed by atoms with Crippen molar-refractivity contribution < 1.29 is 13.9 Å². The van der Waals surface area contributed by atoms with Gasteiger partial charge in [-0.15, -0.1) is 0 Å². The fourth-order valence-corrected chi connectivity index (χ4v) is 3.10. The van der Waals surface area contributed by atoms with Gasteiger partial charge in [-0.25, -0.2) is 4.79 Å². The van der Waals surface area contributed by atoms with E-state index in [-0.39, 0.29) is 6.10 Å². The molecule has 1 heterocycles. The maximum Gasteiger partial charge on any atom is 0.366 e. The summed E-state index contributed by atoms with van der Waals surface area (Å²) in [6.45, 7) is 4.46. The van der Waals surface area contributed by atoms with Crippen molar-refractivity contribution in [2.45, 2.75) is 18.9 Å². The van der Waals surface area contributed by atoms with Gasteiger partial charge in [0.25, 0.3) is 0 Å². The zero-order valence-electron chi connectivity index (χ0n) is 15.5. The molecular weight excluding hydrogens is 355 g/mol. The summed E-state index contributed by atoms with van der Waals surface area (Å²) in [4.78, 5) is 13.5. The molecule has 5 heteroatoms. The molecule has 0 aliphatic carbocycles. The highest BCUT2D eigenvalue weighted by atomic mass is 19.1. The third-order valence-corrected chi connectivity index (χ3v) is 4.70. The van der Waals surface area contributed by atoms with Crippen molar-refractivity contribution in [3.8, 4) is 6.07 Å².